The summed E-state index contributed by atoms with van der Waals surface area (Å²) in [7, 11) is -3.33. The third kappa shape index (κ3) is 3.06. The average molecular weight is 348 g/mol. The van der Waals surface area contributed by atoms with Crippen LogP contribution in [0.2, 0.25) is 0 Å². The Morgan fingerprint density at radius 3 is 2.43 bits per heavy atom. The predicted molar refractivity (Wildman–Crippen MR) is 83.2 cm³/mol. The van der Waals surface area contributed by atoms with Gasteiger partial charge in [-0.2, -0.15) is 0 Å². The first-order valence-electron chi connectivity index (χ1n) is 7.65. The summed E-state index contributed by atoms with van der Waals surface area (Å²) in [5.41, 5.74) is 3.27. The van der Waals surface area contributed by atoms with Gasteiger partial charge in [-0.15, -0.1) is 0 Å². The Kier molecular flexibility index (Phi) is 4.96. The number of hydrogen-bond donors (Lipinski definition) is 1. The summed E-state index contributed by atoms with van der Waals surface area (Å²) in [4.78, 5) is 11.6. The zero-order chi connectivity index (χ0) is 17.4. The average Bonchev–Trinajstić information content (AvgIpc) is 2.51. The second-order valence-corrected chi connectivity index (χ2v) is 8.34. The van der Waals surface area contributed by atoms with Crippen LogP contribution in [0.1, 0.15) is 26.7 Å². The van der Waals surface area contributed by atoms with Crippen molar-refractivity contribution >= 4 is 15.9 Å². The molecule has 2 atom stereocenters. The molecule has 23 heavy (non-hydrogen) atoms. The first-order valence-corrected chi connectivity index (χ1v) is 9.26. The number of rotatable bonds is 4. The maximum Gasteiger partial charge on any atom is 0.231 e. The van der Waals surface area contributed by atoms with Gasteiger partial charge >= 0.3 is 0 Å². The second-order valence-electron chi connectivity index (χ2n) is 6.08. The van der Waals surface area contributed by atoms with Crippen molar-refractivity contribution in [3.63, 3.8) is 0 Å². The SMILES string of the molecule is CCS(=O)(=O)N1CCC(C2(F)C(C)=CC=C(F)C2C(N)=O)CC1. The second kappa shape index (κ2) is 6.32. The normalized spacial score (nSPS) is 30.7. The first-order chi connectivity index (χ1) is 10.6. The quantitative estimate of drug-likeness (QED) is 0.839. The molecule has 0 saturated carbocycles. The van der Waals surface area contributed by atoms with Crippen LogP contribution in [-0.4, -0.2) is 43.1 Å². The van der Waals surface area contributed by atoms with Crippen LogP contribution in [0.4, 0.5) is 8.78 Å². The number of hydrogen-bond acceptors (Lipinski definition) is 3. The number of alkyl halides is 1. The van der Waals surface area contributed by atoms with E-state index >= 15 is 4.39 Å². The molecule has 1 fully saturated rings. The molecule has 2 aliphatic rings. The van der Waals surface area contributed by atoms with Gasteiger partial charge in [0.15, 0.2) is 5.67 Å². The molecule has 0 radical (unpaired) electrons. The van der Waals surface area contributed by atoms with Gasteiger partial charge in [-0.3, -0.25) is 4.79 Å². The molecule has 2 unspecified atom stereocenters. The lowest BCUT2D eigenvalue weighted by molar-refractivity contribution is -0.127. The van der Waals surface area contributed by atoms with Crippen molar-refractivity contribution < 1.29 is 22.0 Å². The lowest BCUT2D eigenvalue weighted by atomic mass is 9.68. The Balaban J connectivity index is 2.26. The zero-order valence-corrected chi connectivity index (χ0v) is 14.1. The molecule has 0 aromatic heterocycles. The number of nitrogens with two attached hydrogens (primary N) is 1. The number of amides is 1. The van der Waals surface area contributed by atoms with Gasteiger partial charge in [-0.1, -0.05) is 6.08 Å². The maximum atomic E-state index is 15.7. The van der Waals surface area contributed by atoms with Crippen LogP contribution in [0, 0.1) is 11.8 Å². The van der Waals surface area contributed by atoms with E-state index in [1.54, 1.807) is 6.92 Å². The van der Waals surface area contributed by atoms with E-state index in [4.69, 9.17) is 5.73 Å². The molecule has 0 spiro atoms. The summed E-state index contributed by atoms with van der Waals surface area (Å²) >= 11 is 0. The molecule has 1 amide bonds. The largest absolute Gasteiger partial charge is 0.369 e. The fourth-order valence-electron chi connectivity index (χ4n) is 3.49. The third-order valence-electron chi connectivity index (χ3n) is 4.88. The zero-order valence-electron chi connectivity index (χ0n) is 13.3. The summed E-state index contributed by atoms with van der Waals surface area (Å²) in [6, 6.07) is 0. The smallest absolute Gasteiger partial charge is 0.231 e. The minimum Gasteiger partial charge on any atom is -0.369 e. The highest BCUT2D eigenvalue weighted by molar-refractivity contribution is 7.89. The number of carbonyl (C=O) groups is 1. The summed E-state index contributed by atoms with van der Waals surface area (Å²) in [6.07, 6.45) is 2.83. The van der Waals surface area contributed by atoms with E-state index < -0.39 is 39.3 Å². The molecule has 0 aromatic carbocycles. The fourth-order valence-corrected chi connectivity index (χ4v) is 4.63. The molecular formula is C15H22F2N2O3S. The fraction of sp³-hybridized carbons (Fsp3) is 0.667. The monoisotopic (exact) mass is 348 g/mol. The van der Waals surface area contributed by atoms with E-state index in [2.05, 4.69) is 0 Å². The van der Waals surface area contributed by atoms with Gasteiger partial charge in [0.2, 0.25) is 15.9 Å². The van der Waals surface area contributed by atoms with Gasteiger partial charge < -0.3 is 5.73 Å². The van der Waals surface area contributed by atoms with Crippen molar-refractivity contribution in [1.29, 1.82) is 0 Å². The molecule has 1 aliphatic heterocycles. The highest BCUT2D eigenvalue weighted by Gasteiger charge is 2.54. The Morgan fingerprint density at radius 2 is 1.96 bits per heavy atom. The van der Waals surface area contributed by atoms with Crippen molar-refractivity contribution in [2.24, 2.45) is 17.6 Å². The molecule has 2 N–H and O–H groups in total. The van der Waals surface area contributed by atoms with Crippen LogP contribution in [0.5, 0.6) is 0 Å². The third-order valence-corrected chi connectivity index (χ3v) is 6.77. The minimum atomic E-state index is -3.33. The van der Waals surface area contributed by atoms with Crippen LogP contribution >= 0.6 is 0 Å². The molecule has 5 nitrogen and oxygen atoms in total. The van der Waals surface area contributed by atoms with Gasteiger partial charge in [0, 0.05) is 19.0 Å². The highest BCUT2D eigenvalue weighted by Crippen LogP contribution is 2.47. The van der Waals surface area contributed by atoms with Gasteiger partial charge in [-0.05, 0) is 38.3 Å². The molecule has 1 aliphatic carbocycles. The van der Waals surface area contributed by atoms with E-state index in [1.807, 2.05) is 0 Å². The van der Waals surface area contributed by atoms with E-state index in [9.17, 15) is 17.6 Å². The lowest BCUT2D eigenvalue weighted by Crippen LogP contribution is -2.53. The summed E-state index contributed by atoms with van der Waals surface area (Å²) < 4.78 is 54.8. The number of primary amides is 1. The molecule has 0 aromatic rings. The predicted octanol–water partition coefficient (Wildman–Crippen LogP) is 1.67. The highest BCUT2D eigenvalue weighted by atomic mass is 32.2. The Morgan fingerprint density at radius 1 is 1.39 bits per heavy atom. The molecule has 8 heteroatoms. The summed E-state index contributed by atoms with van der Waals surface area (Å²) in [6.45, 7) is 3.39. The Hall–Kier alpha value is -1.28. The first kappa shape index (κ1) is 18.1. The van der Waals surface area contributed by atoms with Crippen LogP contribution < -0.4 is 5.73 Å². The van der Waals surface area contributed by atoms with Crippen LogP contribution in [0.25, 0.3) is 0 Å². The molecule has 0 bridgehead atoms. The summed E-state index contributed by atoms with van der Waals surface area (Å²) in [5, 5.41) is 0. The van der Waals surface area contributed by atoms with E-state index in [0.717, 1.165) is 6.08 Å². The Labute approximate surface area is 135 Å². The van der Waals surface area contributed by atoms with Gasteiger partial charge in [-0.25, -0.2) is 21.5 Å². The van der Waals surface area contributed by atoms with Crippen LogP contribution in [0.3, 0.4) is 0 Å². The maximum absolute atomic E-state index is 15.7. The van der Waals surface area contributed by atoms with E-state index in [-0.39, 0.29) is 37.3 Å². The van der Waals surface area contributed by atoms with Crippen LogP contribution in [-0.2, 0) is 14.8 Å². The van der Waals surface area contributed by atoms with Crippen LogP contribution in [0.15, 0.2) is 23.6 Å². The lowest BCUT2D eigenvalue weighted by Gasteiger charge is -2.43. The number of piperidine rings is 1. The standard InChI is InChI=1S/C15H22F2N2O3S/c1-3-23(21,22)19-8-6-11(7-9-19)15(17)10(2)4-5-12(16)13(15)14(18)20/h4-5,11,13H,3,6-9H2,1-2H3,(H2,18,20). The van der Waals surface area contributed by atoms with Crippen molar-refractivity contribution in [1.82, 2.24) is 4.31 Å². The van der Waals surface area contributed by atoms with Gasteiger partial charge in [0.1, 0.15) is 11.7 Å². The number of halogens is 2. The molecular weight excluding hydrogens is 326 g/mol. The number of nitrogens with zero attached hydrogens (tertiary/aromatic N) is 1. The van der Waals surface area contributed by atoms with Gasteiger partial charge in [0.25, 0.3) is 0 Å². The van der Waals surface area contributed by atoms with Crippen molar-refractivity contribution in [3.05, 3.63) is 23.6 Å². The van der Waals surface area contributed by atoms with Gasteiger partial charge in [0.05, 0.1) is 5.75 Å². The van der Waals surface area contributed by atoms with Crippen molar-refractivity contribution in [3.8, 4) is 0 Å². The molecule has 1 saturated heterocycles. The topological polar surface area (TPSA) is 80.5 Å². The molecule has 130 valence electrons. The Bertz CT molecular complexity index is 652. The number of allylic oxidation sites excluding steroid dienone is 3. The molecule has 1 heterocycles. The molecule has 2 rings (SSSR count). The number of carbonyl (C=O) groups excluding carboxylic acids is 1. The number of sulfonamides is 1. The van der Waals surface area contributed by atoms with Crippen molar-refractivity contribution in [2.75, 3.05) is 18.8 Å². The van der Waals surface area contributed by atoms with E-state index in [1.165, 1.54) is 17.3 Å². The minimum absolute atomic E-state index is 0.0152. The summed E-state index contributed by atoms with van der Waals surface area (Å²) in [5.74, 6) is -4.24. The van der Waals surface area contributed by atoms with E-state index in [0.29, 0.717) is 0 Å². The van der Waals surface area contributed by atoms with Crippen molar-refractivity contribution in [2.45, 2.75) is 32.4 Å².